The van der Waals surface area contributed by atoms with Gasteiger partial charge in [-0.3, -0.25) is 0 Å². The van der Waals surface area contributed by atoms with Crippen LogP contribution in [0.15, 0.2) is 0 Å². The predicted octanol–water partition coefficient (Wildman–Crippen LogP) is 1.25. The van der Waals surface area contributed by atoms with Crippen molar-refractivity contribution in [2.45, 2.75) is 63.6 Å². The summed E-state index contributed by atoms with van der Waals surface area (Å²) >= 11 is 0. The number of fused-ring (bicyclic) bond motifs is 2. The van der Waals surface area contributed by atoms with E-state index in [4.69, 9.17) is 5.73 Å². The molecule has 2 bridgehead atoms. The highest BCUT2D eigenvalue weighted by Gasteiger charge is 2.50. The Hall–Kier alpha value is -0.120. The minimum absolute atomic E-state index is 0.178. The average molecular weight is 226 g/mol. The number of nitrogens with one attached hydrogen (secondary N) is 1. The lowest BCUT2D eigenvalue weighted by Crippen LogP contribution is -2.58. The Morgan fingerprint density at radius 3 is 2.62 bits per heavy atom. The van der Waals surface area contributed by atoms with E-state index in [0.29, 0.717) is 6.04 Å². The van der Waals surface area contributed by atoms with Gasteiger partial charge in [0.15, 0.2) is 0 Å². The average Bonchev–Trinajstić information content (AvgIpc) is 2.76. The Balaban J connectivity index is 1.95. The summed E-state index contributed by atoms with van der Waals surface area (Å²) in [6, 6.07) is 0.364. The van der Waals surface area contributed by atoms with Crippen molar-refractivity contribution in [2.75, 3.05) is 6.54 Å². The van der Waals surface area contributed by atoms with E-state index in [9.17, 15) is 5.11 Å². The van der Waals surface area contributed by atoms with Gasteiger partial charge in [0.05, 0.1) is 6.10 Å². The van der Waals surface area contributed by atoms with Crippen LogP contribution in [0.3, 0.4) is 0 Å². The fraction of sp³-hybridized carbons (Fsp3) is 1.00. The number of rotatable bonds is 5. The summed E-state index contributed by atoms with van der Waals surface area (Å²) in [4.78, 5) is 0. The van der Waals surface area contributed by atoms with Crippen LogP contribution in [-0.4, -0.2) is 29.3 Å². The van der Waals surface area contributed by atoms with Gasteiger partial charge in [-0.2, -0.15) is 0 Å². The first kappa shape index (κ1) is 12.3. The Labute approximate surface area is 98.8 Å². The van der Waals surface area contributed by atoms with Gasteiger partial charge in [0, 0.05) is 18.1 Å². The van der Waals surface area contributed by atoms with Gasteiger partial charge in [-0.1, -0.05) is 6.42 Å². The Morgan fingerprint density at radius 2 is 2.19 bits per heavy atom. The van der Waals surface area contributed by atoms with E-state index in [0.717, 1.165) is 24.8 Å². The maximum atomic E-state index is 9.41. The zero-order valence-corrected chi connectivity index (χ0v) is 10.6. The standard InChI is InChI=1S/C13H26N2O/c1-9(5-10(2)16)15-13(8-14)7-11-3-4-12(13)6-11/h9-12,15-16H,3-8,14H2,1-2H3. The van der Waals surface area contributed by atoms with Gasteiger partial charge in [0.25, 0.3) is 0 Å². The van der Waals surface area contributed by atoms with Gasteiger partial charge in [-0.05, 0) is 51.4 Å². The first-order chi connectivity index (χ1) is 7.55. The molecular formula is C13H26N2O. The molecule has 5 unspecified atom stereocenters. The van der Waals surface area contributed by atoms with Crippen LogP contribution >= 0.6 is 0 Å². The normalized spacial score (nSPS) is 41.2. The molecule has 4 N–H and O–H groups in total. The number of aliphatic hydroxyl groups excluding tert-OH is 1. The van der Waals surface area contributed by atoms with Crippen LogP contribution in [0.1, 0.15) is 46.0 Å². The Bertz CT molecular complexity index is 244. The third kappa shape index (κ3) is 2.27. The molecule has 0 aromatic rings. The van der Waals surface area contributed by atoms with E-state index in [2.05, 4.69) is 12.2 Å². The second-order valence-corrected chi connectivity index (χ2v) is 6.07. The first-order valence-corrected chi connectivity index (χ1v) is 6.71. The van der Waals surface area contributed by atoms with Crippen molar-refractivity contribution in [1.29, 1.82) is 0 Å². The molecule has 0 spiro atoms. The molecule has 5 atom stereocenters. The van der Waals surface area contributed by atoms with Crippen LogP contribution in [0.5, 0.6) is 0 Å². The quantitative estimate of drug-likeness (QED) is 0.661. The van der Waals surface area contributed by atoms with Crippen molar-refractivity contribution in [3.8, 4) is 0 Å². The molecule has 0 aromatic carbocycles. The fourth-order valence-electron chi connectivity index (χ4n) is 3.99. The summed E-state index contributed by atoms with van der Waals surface area (Å²) in [5.41, 5.74) is 6.19. The van der Waals surface area contributed by atoms with Gasteiger partial charge in [-0.15, -0.1) is 0 Å². The highest BCUT2D eigenvalue weighted by molar-refractivity contribution is 5.07. The van der Waals surface area contributed by atoms with Gasteiger partial charge in [0.1, 0.15) is 0 Å². The molecule has 16 heavy (non-hydrogen) atoms. The van der Waals surface area contributed by atoms with Crippen LogP contribution in [-0.2, 0) is 0 Å². The first-order valence-electron chi connectivity index (χ1n) is 6.71. The topological polar surface area (TPSA) is 58.3 Å². The number of hydrogen-bond acceptors (Lipinski definition) is 3. The molecule has 0 heterocycles. The number of nitrogens with two attached hydrogens (primary N) is 1. The van der Waals surface area contributed by atoms with Gasteiger partial charge in [-0.25, -0.2) is 0 Å². The van der Waals surface area contributed by atoms with Gasteiger partial charge in [0.2, 0.25) is 0 Å². The molecule has 0 saturated heterocycles. The molecule has 3 nitrogen and oxygen atoms in total. The minimum Gasteiger partial charge on any atom is -0.393 e. The summed E-state index contributed by atoms with van der Waals surface area (Å²) in [5, 5.41) is 13.1. The molecule has 0 aliphatic heterocycles. The lowest BCUT2D eigenvalue weighted by atomic mass is 9.80. The van der Waals surface area contributed by atoms with Crippen molar-refractivity contribution in [2.24, 2.45) is 17.6 Å². The third-order valence-electron chi connectivity index (χ3n) is 4.57. The maximum Gasteiger partial charge on any atom is 0.0526 e. The SMILES string of the molecule is CC(O)CC(C)NC1(CN)CC2CCC1C2. The summed E-state index contributed by atoms with van der Waals surface area (Å²) in [5.74, 6) is 1.68. The fourth-order valence-corrected chi connectivity index (χ4v) is 3.99. The highest BCUT2D eigenvalue weighted by atomic mass is 16.3. The zero-order chi connectivity index (χ0) is 11.8. The van der Waals surface area contributed by atoms with Crippen molar-refractivity contribution in [3.63, 3.8) is 0 Å². The van der Waals surface area contributed by atoms with Crippen LogP contribution in [0.2, 0.25) is 0 Å². The van der Waals surface area contributed by atoms with Crippen molar-refractivity contribution in [3.05, 3.63) is 0 Å². The van der Waals surface area contributed by atoms with E-state index in [1.807, 2.05) is 6.92 Å². The highest BCUT2D eigenvalue weighted by Crippen LogP contribution is 2.50. The number of hydrogen-bond donors (Lipinski definition) is 3. The summed E-state index contributed by atoms with van der Waals surface area (Å²) in [6.07, 6.45) is 5.95. The molecule has 2 aliphatic carbocycles. The largest absolute Gasteiger partial charge is 0.393 e. The lowest BCUT2D eigenvalue weighted by molar-refractivity contribution is 0.141. The van der Waals surface area contributed by atoms with Crippen LogP contribution in [0.4, 0.5) is 0 Å². The molecule has 0 radical (unpaired) electrons. The van der Waals surface area contributed by atoms with E-state index in [1.165, 1.54) is 25.7 Å². The minimum atomic E-state index is -0.226. The summed E-state index contributed by atoms with van der Waals surface area (Å²) in [7, 11) is 0. The van der Waals surface area contributed by atoms with Crippen molar-refractivity contribution < 1.29 is 5.11 Å². The van der Waals surface area contributed by atoms with E-state index in [-0.39, 0.29) is 11.6 Å². The zero-order valence-electron chi connectivity index (χ0n) is 10.6. The molecule has 0 aromatic heterocycles. The van der Waals surface area contributed by atoms with E-state index in [1.54, 1.807) is 0 Å². The molecule has 94 valence electrons. The van der Waals surface area contributed by atoms with Gasteiger partial charge >= 0.3 is 0 Å². The molecular weight excluding hydrogens is 200 g/mol. The molecule has 0 amide bonds. The van der Waals surface area contributed by atoms with E-state index < -0.39 is 0 Å². The predicted molar refractivity (Wildman–Crippen MR) is 66.1 cm³/mol. The molecule has 2 fully saturated rings. The summed E-state index contributed by atoms with van der Waals surface area (Å²) in [6.45, 7) is 4.77. The number of aliphatic hydroxyl groups is 1. The lowest BCUT2D eigenvalue weighted by Gasteiger charge is -2.40. The van der Waals surface area contributed by atoms with Gasteiger partial charge < -0.3 is 16.2 Å². The van der Waals surface area contributed by atoms with Crippen LogP contribution < -0.4 is 11.1 Å². The molecule has 2 aliphatic rings. The molecule has 2 saturated carbocycles. The second kappa shape index (κ2) is 4.63. The third-order valence-corrected chi connectivity index (χ3v) is 4.57. The smallest absolute Gasteiger partial charge is 0.0526 e. The summed E-state index contributed by atoms with van der Waals surface area (Å²) < 4.78 is 0. The van der Waals surface area contributed by atoms with Crippen LogP contribution in [0.25, 0.3) is 0 Å². The Kier molecular flexibility index (Phi) is 3.57. The monoisotopic (exact) mass is 226 g/mol. The van der Waals surface area contributed by atoms with Crippen molar-refractivity contribution >= 4 is 0 Å². The molecule has 3 heteroatoms. The van der Waals surface area contributed by atoms with Crippen molar-refractivity contribution in [1.82, 2.24) is 5.32 Å². The van der Waals surface area contributed by atoms with Crippen LogP contribution in [0, 0.1) is 11.8 Å². The second-order valence-electron chi connectivity index (χ2n) is 6.07. The molecule has 2 rings (SSSR count). The Morgan fingerprint density at radius 1 is 1.44 bits per heavy atom. The van der Waals surface area contributed by atoms with E-state index >= 15 is 0 Å². The maximum absolute atomic E-state index is 9.41.